The topological polar surface area (TPSA) is 84.5 Å². The third kappa shape index (κ3) is 5.39. The van der Waals surface area contributed by atoms with Crippen molar-refractivity contribution in [2.24, 2.45) is 0 Å². The van der Waals surface area contributed by atoms with E-state index in [0.717, 1.165) is 0 Å². The lowest BCUT2D eigenvalue weighted by Crippen LogP contribution is -2.33. The number of rotatable bonds is 7. The summed E-state index contributed by atoms with van der Waals surface area (Å²) in [7, 11) is -3.60. The number of carbonyl (C=O) groups excluding carboxylic acids is 1. The van der Waals surface area contributed by atoms with Crippen LogP contribution in [0, 0.1) is 0 Å². The van der Waals surface area contributed by atoms with E-state index in [0.29, 0.717) is 11.5 Å². The minimum Gasteiger partial charge on any atom is -0.457 e. The Bertz CT molecular complexity index is 743. The van der Waals surface area contributed by atoms with Crippen molar-refractivity contribution in [3.05, 3.63) is 54.6 Å². The Labute approximate surface area is 135 Å². The van der Waals surface area contributed by atoms with Crippen LogP contribution in [0.25, 0.3) is 0 Å². The SMILES string of the molecule is CC(=O)NCCNS(=O)(=O)c1ccc(Oc2ccccc2)cc1. The summed E-state index contributed by atoms with van der Waals surface area (Å²) in [4.78, 5) is 10.9. The lowest BCUT2D eigenvalue weighted by atomic mass is 10.3. The average molecular weight is 334 g/mol. The predicted octanol–water partition coefficient (Wildman–Crippen LogP) is 1.89. The molecule has 2 N–H and O–H groups in total. The Kier molecular flexibility index (Phi) is 5.72. The molecular formula is C16H18N2O4S. The zero-order valence-electron chi connectivity index (χ0n) is 12.7. The van der Waals surface area contributed by atoms with E-state index in [9.17, 15) is 13.2 Å². The number of hydrogen-bond acceptors (Lipinski definition) is 4. The van der Waals surface area contributed by atoms with Crippen molar-refractivity contribution >= 4 is 15.9 Å². The van der Waals surface area contributed by atoms with Gasteiger partial charge in [-0.05, 0) is 36.4 Å². The largest absolute Gasteiger partial charge is 0.457 e. The maximum atomic E-state index is 12.1. The molecule has 0 saturated carbocycles. The number of sulfonamides is 1. The van der Waals surface area contributed by atoms with Gasteiger partial charge < -0.3 is 10.1 Å². The molecule has 0 bridgehead atoms. The fraction of sp³-hybridized carbons (Fsp3) is 0.188. The average Bonchev–Trinajstić information content (AvgIpc) is 2.53. The van der Waals surface area contributed by atoms with Gasteiger partial charge in [0.05, 0.1) is 4.90 Å². The number of benzene rings is 2. The van der Waals surface area contributed by atoms with Gasteiger partial charge in [-0.3, -0.25) is 4.79 Å². The van der Waals surface area contributed by atoms with Gasteiger partial charge in [-0.25, -0.2) is 13.1 Å². The number of amides is 1. The van der Waals surface area contributed by atoms with Gasteiger partial charge in [0.15, 0.2) is 0 Å². The van der Waals surface area contributed by atoms with E-state index in [2.05, 4.69) is 10.0 Å². The Morgan fingerprint density at radius 1 is 0.957 bits per heavy atom. The summed E-state index contributed by atoms with van der Waals surface area (Å²) in [5, 5.41) is 2.52. The van der Waals surface area contributed by atoms with Gasteiger partial charge in [-0.15, -0.1) is 0 Å². The molecule has 0 heterocycles. The summed E-state index contributed by atoms with van der Waals surface area (Å²) in [6.07, 6.45) is 0. The second kappa shape index (κ2) is 7.75. The number of nitrogens with one attached hydrogen (secondary N) is 2. The molecule has 0 aliphatic heterocycles. The molecule has 0 aromatic heterocycles. The van der Waals surface area contributed by atoms with E-state index >= 15 is 0 Å². The number of carbonyl (C=O) groups is 1. The molecule has 2 aromatic rings. The lowest BCUT2D eigenvalue weighted by Gasteiger charge is -2.09. The lowest BCUT2D eigenvalue weighted by molar-refractivity contribution is -0.118. The van der Waals surface area contributed by atoms with Gasteiger partial charge in [-0.1, -0.05) is 18.2 Å². The Morgan fingerprint density at radius 3 is 2.17 bits per heavy atom. The molecule has 122 valence electrons. The molecule has 2 aromatic carbocycles. The normalized spacial score (nSPS) is 11.0. The molecule has 0 unspecified atom stereocenters. The highest BCUT2D eigenvalue weighted by molar-refractivity contribution is 7.89. The van der Waals surface area contributed by atoms with Crippen molar-refractivity contribution in [3.63, 3.8) is 0 Å². The van der Waals surface area contributed by atoms with E-state index in [4.69, 9.17) is 4.74 Å². The van der Waals surface area contributed by atoms with Crippen LogP contribution in [-0.2, 0) is 14.8 Å². The third-order valence-electron chi connectivity index (χ3n) is 2.90. The van der Waals surface area contributed by atoms with Crippen LogP contribution in [0.15, 0.2) is 59.5 Å². The quantitative estimate of drug-likeness (QED) is 0.757. The van der Waals surface area contributed by atoms with Crippen LogP contribution in [0.4, 0.5) is 0 Å². The van der Waals surface area contributed by atoms with Crippen molar-refractivity contribution in [2.75, 3.05) is 13.1 Å². The summed E-state index contributed by atoms with van der Waals surface area (Å²) in [6, 6.07) is 15.3. The Morgan fingerprint density at radius 2 is 1.57 bits per heavy atom. The highest BCUT2D eigenvalue weighted by Crippen LogP contribution is 2.22. The van der Waals surface area contributed by atoms with Crippen molar-refractivity contribution in [1.29, 1.82) is 0 Å². The van der Waals surface area contributed by atoms with Gasteiger partial charge in [0.25, 0.3) is 0 Å². The van der Waals surface area contributed by atoms with Crippen LogP contribution in [0.5, 0.6) is 11.5 Å². The Balaban J connectivity index is 1.96. The first kappa shape index (κ1) is 17.0. The molecule has 0 radical (unpaired) electrons. The van der Waals surface area contributed by atoms with Crippen LogP contribution >= 0.6 is 0 Å². The first-order valence-electron chi connectivity index (χ1n) is 7.04. The van der Waals surface area contributed by atoms with E-state index in [1.807, 2.05) is 30.3 Å². The van der Waals surface area contributed by atoms with Crippen LogP contribution in [0.2, 0.25) is 0 Å². The highest BCUT2D eigenvalue weighted by atomic mass is 32.2. The number of para-hydroxylation sites is 1. The molecule has 7 heteroatoms. The van der Waals surface area contributed by atoms with Crippen molar-refractivity contribution in [3.8, 4) is 11.5 Å². The smallest absolute Gasteiger partial charge is 0.240 e. The standard InChI is InChI=1S/C16H18N2O4S/c1-13(19)17-11-12-18-23(20,21)16-9-7-15(8-10-16)22-14-5-3-2-4-6-14/h2-10,18H,11-12H2,1H3,(H,17,19). The van der Waals surface area contributed by atoms with E-state index in [-0.39, 0.29) is 23.9 Å². The van der Waals surface area contributed by atoms with E-state index in [1.54, 1.807) is 12.1 Å². The van der Waals surface area contributed by atoms with Gasteiger partial charge in [0.1, 0.15) is 11.5 Å². The zero-order chi connectivity index (χ0) is 16.7. The summed E-state index contributed by atoms with van der Waals surface area (Å²) in [6.45, 7) is 1.74. The van der Waals surface area contributed by atoms with E-state index in [1.165, 1.54) is 19.1 Å². The maximum absolute atomic E-state index is 12.1. The molecule has 0 fully saturated rings. The van der Waals surface area contributed by atoms with Crippen molar-refractivity contribution in [1.82, 2.24) is 10.0 Å². The molecule has 0 atom stereocenters. The summed E-state index contributed by atoms with van der Waals surface area (Å²) >= 11 is 0. The van der Waals surface area contributed by atoms with Crippen LogP contribution in [0.1, 0.15) is 6.92 Å². The molecule has 2 rings (SSSR count). The predicted molar refractivity (Wildman–Crippen MR) is 86.8 cm³/mol. The van der Waals surface area contributed by atoms with Crippen LogP contribution in [-0.4, -0.2) is 27.4 Å². The fourth-order valence-corrected chi connectivity index (χ4v) is 2.85. The van der Waals surface area contributed by atoms with Crippen molar-refractivity contribution in [2.45, 2.75) is 11.8 Å². The van der Waals surface area contributed by atoms with Crippen LogP contribution < -0.4 is 14.8 Å². The molecule has 1 amide bonds. The molecular weight excluding hydrogens is 316 g/mol. The molecule has 0 spiro atoms. The highest BCUT2D eigenvalue weighted by Gasteiger charge is 2.13. The first-order chi connectivity index (χ1) is 11.0. The molecule has 0 aliphatic carbocycles. The second-order valence-electron chi connectivity index (χ2n) is 4.77. The first-order valence-corrected chi connectivity index (χ1v) is 8.53. The molecule has 23 heavy (non-hydrogen) atoms. The molecule has 6 nitrogen and oxygen atoms in total. The maximum Gasteiger partial charge on any atom is 0.240 e. The van der Waals surface area contributed by atoms with E-state index < -0.39 is 10.0 Å². The Hall–Kier alpha value is -2.38. The third-order valence-corrected chi connectivity index (χ3v) is 4.38. The summed E-state index contributed by atoms with van der Waals surface area (Å²) in [5.41, 5.74) is 0. The van der Waals surface area contributed by atoms with Gasteiger partial charge >= 0.3 is 0 Å². The molecule has 0 saturated heterocycles. The number of hydrogen-bond donors (Lipinski definition) is 2. The monoisotopic (exact) mass is 334 g/mol. The van der Waals surface area contributed by atoms with Crippen LogP contribution in [0.3, 0.4) is 0 Å². The zero-order valence-corrected chi connectivity index (χ0v) is 13.5. The fourth-order valence-electron chi connectivity index (χ4n) is 1.82. The minimum atomic E-state index is -3.60. The van der Waals surface area contributed by atoms with Gasteiger partial charge in [-0.2, -0.15) is 0 Å². The van der Waals surface area contributed by atoms with Gasteiger partial charge in [0, 0.05) is 20.0 Å². The van der Waals surface area contributed by atoms with Gasteiger partial charge in [0.2, 0.25) is 15.9 Å². The molecule has 0 aliphatic rings. The summed E-state index contributed by atoms with van der Waals surface area (Å²) in [5.74, 6) is 1.02. The summed E-state index contributed by atoms with van der Waals surface area (Å²) < 4.78 is 32.2. The number of ether oxygens (including phenoxy) is 1. The van der Waals surface area contributed by atoms with Crippen molar-refractivity contribution < 1.29 is 17.9 Å². The minimum absolute atomic E-state index is 0.129. The second-order valence-corrected chi connectivity index (χ2v) is 6.53.